The summed E-state index contributed by atoms with van der Waals surface area (Å²) in [5.41, 5.74) is 6.63. The first-order chi connectivity index (χ1) is 17.5. The SMILES string of the molecule is [2H]C([2H])([2H])Oc1cc(-c2ccn3nccc3c2F)c2ncnc(N)c2c1OC(C)c1ncn(C(F)F)n1. The molecule has 174 valence electrons. The third-order valence-corrected chi connectivity index (χ3v) is 5.16. The van der Waals surface area contributed by atoms with E-state index < -0.39 is 25.5 Å². The van der Waals surface area contributed by atoms with Gasteiger partial charge in [0, 0.05) is 17.3 Å². The number of benzene rings is 1. The highest BCUT2D eigenvalue weighted by atomic mass is 19.3. The predicted molar refractivity (Wildman–Crippen MR) is 115 cm³/mol. The van der Waals surface area contributed by atoms with E-state index in [0.717, 1.165) is 12.7 Å². The Hall–Kier alpha value is -4.42. The number of alkyl halides is 2. The molecule has 0 amide bonds. The summed E-state index contributed by atoms with van der Waals surface area (Å²) < 4.78 is 77.1. The van der Waals surface area contributed by atoms with Crippen molar-refractivity contribution in [2.75, 3.05) is 12.8 Å². The minimum Gasteiger partial charge on any atom is -0.493 e. The number of anilines is 1. The number of nitrogen functional groups attached to an aromatic ring is 1. The molecule has 4 heterocycles. The van der Waals surface area contributed by atoms with Crippen molar-refractivity contribution in [3.63, 3.8) is 0 Å². The Kier molecular flexibility index (Phi) is 4.34. The monoisotopic (exact) mass is 473 g/mol. The second kappa shape index (κ2) is 8.17. The first kappa shape index (κ1) is 18.1. The second-order valence-corrected chi connectivity index (χ2v) is 7.16. The lowest BCUT2D eigenvalue weighted by Gasteiger charge is -2.19. The highest BCUT2D eigenvalue weighted by molar-refractivity contribution is 6.04. The summed E-state index contributed by atoms with van der Waals surface area (Å²) in [5.74, 6) is -1.44. The van der Waals surface area contributed by atoms with Gasteiger partial charge in [-0.3, -0.25) is 0 Å². The van der Waals surface area contributed by atoms with Gasteiger partial charge in [-0.2, -0.15) is 18.6 Å². The zero-order valence-electron chi connectivity index (χ0n) is 20.4. The van der Waals surface area contributed by atoms with Gasteiger partial charge in [0.2, 0.25) is 0 Å². The Morgan fingerprint density at radius 1 is 1.18 bits per heavy atom. The Balaban J connectivity index is 1.73. The van der Waals surface area contributed by atoms with Gasteiger partial charge in [0.25, 0.3) is 0 Å². The predicted octanol–water partition coefficient (Wildman–Crippen LogP) is 3.80. The Labute approximate surface area is 194 Å². The summed E-state index contributed by atoms with van der Waals surface area (Å²) in [6.07, 6.45) is 3.86. The largest absolute Gasteiger partial charge is 0.493 e. The van der Waals surface area contributed by atoms with Gasteiger partial charge in [-0.05, 0) is 25.1 Å². The molecule has 4 aromatic heterocycles. The fourth-order valence-corrected chi connectivity index (χ4v) is 3.58. The lowest BCUT2D eigenvalue weighted by molar-refractivity contribution is 0.0550. The minimum atomic E-state index is -2.94. The van der Waals surface area contributed by atoms with E-state index in [0.29, 0.717) is 4.68 Å². The van der Waals surface area contributed by atoms with E-state index in [1.165, 1.54) is 42.0 Å². The van der Waals surface area contributed by atoms with Crippen molar-refractivity contribution >= 4 is 22.2 Å². The van der Waals surface area contributed by atoms with E-state index in [-0.39, 0.29) is 50.7 Å². The molecule has 0 aliphatic rings. The first-order valence-electron chi connectivity index (χ1n) is 11.3. The smallest absolute Gasteiger partial charge is 0.334 e. The summed E-state index contributed by atoms with van der Waals surface area (Å²) in [7, 11) is -2.94. The van der Waals surface area contributed by atoms with E-state index in [2.05, 4.69) is 25.1 Å². The van der Waals surface area contributed by atoms with Crippen molar-refractivity contribution in [2.45, 2.75) is 19.6 Å². The van der Waals surface area contributed by atoms with Crippen molar-refractivity contribution in [3.05, 3.63) is 54.9 Å². The van der Waals surface area contributed by atoms with Gasteiger partial charge in [0.1, 0.15) is 24.0 Å². The number of hydrogen-bond acceptors (Lipinski definition) is 8. The number of fused-ring (bicyclic) bond motifs is 2. The van der Waals surface area contributed by atoms with Gasteiger partial charge in [0.05, 0.1) is 28.2 Å². The third kappa shape index (κ3) is 3.41. The van der Waals surface area contributed by atoms with E-state index >= 15 is 4.39 Å². The molecule has 10 nitrogen and oxygen atoms in total. The van der Waals surface area contributed by atoms with Gasteiger partial charge < -0.3 is 15.2 Å². The second-order valence-electron chi connectivity index (χ2n) is 7.16. The van der Waals surface area contributed by atoms with Crippen molar-refractivity contribution in [1.82, 2.24) is 34.3 Å². The van der Waals surface area contributed by atoms with Crippen LogP contribution in [0.3, 0.4) is 0 Å². The quantitative estimate of drug-likeness (QED) is 0.396. The van der Waals surface area contributed by atoms with Gasteiger partial charge >= 0.3 is 6.55 Å². The fraction of sp³-hybridized carbons (Fsp3) is 0.190. The van der Waals surface area contributed by atoms with Crippen molar-refractivity contribution in [1.29, 1.82) is 0 Å². The number of methoxy groups -OCH3 is 1. The zero-order chi connectivity index (χ0) is 26.5. The lowest BCUT2D eigenvalue weighted by atomic mass is 10.0. The zero-order valence-corrected chi connectivity index (χ0v) is 17.4. The molecule has 34 heavy (non-hydrogen) atoms. The summed E-state index contributed by atoms with van der Waals surface area (Å²) in [6.45, 7) is -1.47. The summed E-state index contributed by atoms with van der Waals surface area (Å²) in [5, 5.41) is 7.69. The number of nitrogens with two attached hydrogens (primary N) is 1. The fourth-order valence-electron chi connectivity index (χ4n) is 3.58. The van der Waals surface area contributed by atoms with Crippen LogP contribution in [0.1, 0.15) is 29.5 Å². The molecule has 0 saturated carbocycles. The number of nitrogens with zero attached hydrogens (tertiary/aromatic N) is 7. The molecule has 0 bridgehead atoms. The highest BCUT2D eigenvalue weighted by Crippen LogP contribution is 2.45. The maximum Gasteiger partial charge on any atom is 0.334 e. The molecule has 1 atom stereocenters. The van der Waals surface area contributed by atoms with Crippen molar-refractivity contribution in [2.24, 2.45) is 0 Å². The molecule has 0 spiro atoms. The molecular weight excluding hydrogens is 453 g/mol. The van der Waals surface area contributed by atoms with E-state index in [1.54, 1.807) is 0 Å². The molecule has 0 radical (unpaired) electrons. The topological polar surface area (TPSA) is 118 Å². The molecule has 1 unspecified atom stereocenters. The van der Waals surface area contributed by atoms with E-state index in [9.17, 15) is 8.78 Å². The third-order valence-electron chi connectivity index (χ3n) is 5.16. The van der Waals surface area contributed by atoms with Crippen LogP contribution in [-0.4, -0.2) is 41.4 Å². The number of halogens is 3. The van der Waals surface area contributed by atoms with Crippen LogP contribution in [0.2, 0.25) is 0 Å². The van der Waals surface area contributed by atoms with Gasteiger partial charge in [0.15, 0.2) is 29.2 Å². The summed E-state index contributed by atoms with van der Waals surface area (Å²) in [4.78, 5) is 12.0. The molecule has 0 saturated heterocycles. The number of rotatable bonds is 6. The van der Waals surface area contributed by atoms with Crippen LogP contribution in [0, 0.1) is 5.82 Å². The van der Waals surface area contributed by atoms with Gasteiger partial charge in [-0.15, -0.1) is 5.10 Å². The lowest BCUT2D eigenvalue weighted by Crippen LogP contribution is -2.09. The molecule has 13 heteroatoms. The Bertz CT molecular complexity index is 1620. The highest BCUT2D eigenvalue weighted by Gasteiger charge is 2.25. The molecular formula is C21H17F3N8O2. The normalized spacial score (nSPS) is 14.2. The summed E-state index contributed by atoms with van der Waals surface area (Å²) in [6, 6.07) is 4.15. The number of hydrogen-bond donors (Lipinski definition) is 1. The molecule has 5 rings (SSSR count). The van der Waals surface area contributed by atoms with Gasteiger partial charge in [-0.1, -0.05) is 0 Å². The average Bonchev–Trinajstić information content (AvgIpc) is 3.50. The van der Waals surface area contributed by atoms with E-state index in [1.807, 2.05) is 0 Å². The van der Waals surface area contributed by atoms with Crippen molar-refractivity contribution in [3.8, 4) is 22.6 Å². The molecule has 2 N–H and O–H groups in total. The van der Waals surface area contributed by atoms with Crippen LogP contribution in [0.4, 0.5) is 19.0 Å². The molecule has 0 fully saturated rings. The Morgan fingerprint density at radius 2 is 2.03 bits per heavy atom. The van der Waals surface area contributed by atoms with Crippen LogP contribution in [0.25, 0.3) is 27.5 Å². The van der Waals surface area contributed by atoms with E-state index in [4.69, 9.17) is 19.3 Å². The molecule has 0 aliphatic heterocycles. The number of pyridine rings is 1. The molecule has 5 aromatic rings. The summed E-state index contributed by atoms with van der Waals surface area (Å²) >= 11 is 0. The van der Waals surface area contributed by atoms with Crippen LogP contribution in [0.15, 0.2) is 43.2 Å². The Morgan fingerprint density at radius 3 is 2.79 bits per heavy atom. The van der Waals surface area contributed by atoms with Crippen molar-refractivity contribution < 1.29 is 26.8 Å². The maximum atomic E-state index is 15.5. The minimum absolute atomic E-state index is 0.0205. The van der Waals surface area contributed by atoms with Crippen LogP contribution < -0.4 is 15.2 Å². The van der Waals surface area contributed by atoms with Crippen LogP contribution in [-0.2, 0) is 0 Å². The number of aromatic nitrogens is 7. The van der Waals surface area contributed by atoms with Gasteiger partial charge in [-0.25, -0.2) is 23.9 Å². The van der Waals surface area contributed by atoms with Crippen LogP contribution in [0.5, 0.6) is 11.5 Å². The molecule has 1 aromatic carbocycles. The standard InChI is InChI=1S/C21H17F3N8O2/c1-10(20-28-9-32(30-20)21(23)24)34-18-14(33-2)7-12(17-15(18)19(25)27-8-26-17)11-4-6-31-13(16(11)22)3-5-29-31/h3-10,21H,1-2H3,(H2,25,26,27)/i2D3. The first-order valence-corrected chi connectivity index (χ1v) is 9.77. The number of ether oxygens (including phenoxy) is 2. The maximum absolute atomic E-state index is 15.5. The van der Waals surface area contributed by atoms with Crippen LogP contribution >= 0.6 is 0 Å². The average molecular weight is 473 g/mol. The molecule has 0 aliphatic carbocycles.